The lowest BCUT2D eigenvalue weighted by atomic mass is 10.1. The SMILES string of the molecule is CCc1cc(COc2ccc(CCN)cc2)n(CC)n1. The van der Waals surface area contributed by atoms with Crippen LogP contribution >= 0.6 is 0 Å². The predicted molar refractivity (Wildman–Crippen MR) is 80.8 cm³/mol. The number of hydrogen-bond acceptors (Lipinski definition) is 3. The molecular formula is C16H23N3O. The second-order valence-electron chi connectivity index (χ2n) is 4.77. The monoisotopic (exact) mass is 273 g/mol. The molecule has 0 atom stereocenters. The van der Waals surface area contributed by atoms with Crippen molar-refractivity contribution in [1.82, 2.24) is 9.78 Å². The summed E-state index contributed by atoms with van der Waals surface area (Å²) in [4.78, 5) is 0. The summed E-state index contributed by atoms with van der Waals surface area (Å²) >= 11 is 0. The van der Waals surface area contributed by atoms with Crippen molar-refractivity contribution in [2.24, 2.45) is 5.73 Å². The first kappa shape index (κ1) is 14.6. The number of benzene rings is 1. The predicted octanol–water partition coefficient (Wildman–Crippen LogP) is 2.55. The van der Waals surface area contributed by atoms with E-state index in [-0.39, 0.29) is 0 Å². The van der Waals surface area contributed by atoms with Gasteiger partial charge in [0.05, 0.1) is 11.4 Å². The molecular weight excluding hydrogens is 250 g/mol. The number of nitrogens with zero attached hydrogens (tertiary/aromatic N) is 2. The molecule has 20 heavy (non-hydrogen) atoms. The van der Waals surface area contributed by atoms with Crippen molar-refractivity contribution in [2.75, 3.05) is 6.54 Å². The van der Waals surface area contributed by atoms with E-state index in [1.807, 2.05) is 16.8 Å². The van der Waals surface area contributed by atoms with Gasteiger partial charge in [-0.2, -0.15) is 5.10 Å². The van der Waals surface area contributed by atoms with E-state index in [0.717, 1.165) is 36.5 Å². The molecule has 0 radical (unpaired) electrons. The molecule has 0 bridgehead atoms. The average Bonchev–Trinajstić information content (AvgIpc) is 2.89. The van der Waals surface area contributed by atoms with Gasteiger partial charge in [-0.15, -0.1) is 0 Å². The Hall–Kier alpha value is -1.81. The van der Waals surface area contributed by atoms with Crippen LogP contribution in [0.5, 0.6) is 5.75 Å². The minimum absolute atomic E-state index is 0.553. The standard InChI is InChI=1S/C16H23N3O/c1-3-14-11-15(19(4-2)18-14)12-20-16-7-5-13(6-8-16)9-10-17/h5-8,11H,3-4,9-10,12,17H2,1-2H3. The highest BCUT2D eigenvalue weighted by molar-refractivity contribution is 5.27. The van der Waals surface area contributed by atoms with E-state index in [2.05, 4.69) is 37.1 Å². The molecule has 2 N–H and O–H groups in total. The van der Waals surface area contributed by atoms with Crippen LogP contribution in [-0.4, -0.2) is 16.3 Å². The minimum Gasteiger partial charge on any atom is -0.487 e. The topological polar surface area (TPSA) is 53.1 Å². The van der Waals surface area contributed by atoms with Crippen molar-refractivity contribution in [3.8, 4) is 5.75 Å². The zero-order valence-corrected chi connectivity index (χ0v) is 12.3. The molecule has 2 rings (SSSR count). The third kappa shape index (κ3) is 3.61. The highest BCUT2D eigenvalue weighted by Gasteiger charge is 2.06. The van der Waals surface area contributed by atoms with Crippen LogP contribution in [0.2, 0.25) is 0 Å². The average molecular weight is 273 g/mol. The van der Waals surface area contributed by atoms with Crippen LogP contribution in [0, 0.1) is 0 Å². The van der Waals surface area contributed by atoms with Crippen LogP contribution < -0.4 is 10.5 Å². The lowest BCUT2D eigenvalue weighted by Crippen LogP contribution is -2.06. The minimum atomic E-state index is 0.553. The van der Waals surface area contributed by atoms with Gasteiger partial charge in [0.25, 0.3) is 0 Å². The number of rotatable bonds is 7. The first-order chi connectivity index (χ1) is 9.76. The Morgan fingerprint density at radius 3 is 2.55 bits per heavy atom. The highest BCUT2D eigenvalue weighted by Crippen LogP contribution is 2.15. The van der Waals surface area contributed by atoms with Crippen molar-refractivity contribution in [3.05, 3.63) is 47.3 Å². The smallest absolute Gasteiger partial charge is 0.130 e. The van der Waals surface area contributed by atoms with Crippen LogP contribution in [0.15, 0.2) is 30.3 Å². The molecule has 108 valence electrons. The number of aryl methyl sites for hydroxylation is 2. The molecule has 1 heterocycles. The molecule has 1 aromatic carbocycles. The Morgan fingerprint density at radius 2 is 1.95 bits per heavy atom. The number of hydrogen-bond donors (Lipinski definition) is 1. The van der Waals surface area contributed by atoms with Gasteiger partial charge >= 0.3 is 0 Å². The normalized spacial score (nSPS) is 10.8. The first-order valence-electron chi connectivity index (χ1n) is 7.24. The van der Waals surface area contributed by atoms with Crippen molar-refractivity contribution >= 4 is 0 Å². The van der Waals surface area contributed by atoms with Crippen LogP contribution in [0.3, 0.4) is 0 Å². The molecule has 0 saturated heterocycles. The summed E-state index contributed by atoms with van der Waals surface area (Å²) in [5.41, 5.74) is 9.02. The van der Waals surface area contributed by atoms with E-state index in [0.29, 0.717) is 13.2 Å². The Balaban J connectivity index is 1.99. The number of nitrogens with two attached hydrogens (primary N) is 1. The Morgan fingerprint density at radius 1 is 1.20 bits per heavy atom. The Labute approximate surface area is 120 Å². The maximum atomic E-state index is 5.83. The molecule has 0 aliphatic rings. The summed E-state index contributed by atoms with van der Waals surface area (Å²) in [7, 11) is 0. The molecule has 0 amide bonds. The second-order valence-corrected chi connectivity index (χ2v) is 4.77. The lowest BCUT2D eigenvalue weighted by molar-refractivity contribution is 0.292. The van der Waals surface area contributed by atoms with Gasteiger partial charge in [-0.3, -0.25) is 4.68 Å². The van der Waals surface area contributed by atoms with Crippen molar-refractivity contribution in [2.45, 2.75) is 39.8 Å². The van der Waals surface area contributed by atoms with Gasteiger partial charge in [0.1, 0.15) is 12.4 Å². The van der Waals surface area contributed by atoms with Gasteiger partial charge in [-0.05, 0) is 50.1 Å². The number of ether oxygens (including phenoxy) is 1. The Bertz CT molecular complexity index is 531. The van der Waals surface area contributed by atoms with Gasteiger partial charge in [-0.25, -0.2) is 0 Å². The van der Waals surface area contributed by atoms with Crippen LogP contribution in [0.25, 0.3) is 0 Å². The maximum absolute atomic E-state index is 5.83. The molecule has 0 spiro atoms. The summed E-state index contributed by atoms with van der Waals surface area (Å²) in [6.07, 6.45) is 1.86. The van der Waals surface area contributed by atoms with Crippen LogP contribution in [-0.2, 0) is 26.0 Å². The van der Waals surface area contributed by atoms with Gasteiger partial charge < -0.3 is 10.5 Å². The highest BCUT2D eigenvalue weighted by atomic mass is 16.5. The summed E-state index contributed by atoms with van der Waals surface area (Å²) in [5.74, 6) is 0.882. The van der Waals surface area contributed by atoms with E-state index in [9.17, 15) is 0 Å². The van der Waals surface area contributed by atoms with E-state index in [1.165, 1.54) is 5.56 Å². The molecule has 4 nitrogen and oxygen atoms in total. The Kier molecular flexibility index (Phi) is 5.18. The van der Waals surface area contributed by atoms with E-state index < -0.39 is 0 Å². The largest absolute Gasteiger partial charge is 0.487 e. The van der Waals surface area contributed by atoms with E-state index >= 15 is 0 Å². The summed E-state index contributed by atoms with van der Waals surface area (Å²) in [6, 6.07) is 10.2. The molecule has 4 heteroatoms. The fourth-order valence-corrected chi connectivity index (χ4v) is 2.15. The number of aromatic nitrogens is 2. The summed E-state index contributed by atoms with van der Waals surface area (Å²) < 4.78 is 7.84. The van der Waals surface area contributed by atoms with Crippen LogP contribution in [0.4, 0.5) is 0 Å². The van der Waals surface area contributed by atoms with Gasteiger partial charge in [0, 0.05) is 6.54 Å². The van der Waals surface area contributed by atoms with E-state index in [1.54, 1.807) is 0 Å². The second kappa shape index (κ2) is 7.10. The van der Waals surface area contributed by atoms with Crippen molar-refractivity contribution in [1.29, 1.82) is 0 Å². The molecule has 1 aromatic heterocycles. The zero-order valence-electron chi connectivity index (χ0n) is 12.3. The van der Waals surface area contributed by atoms with Gasteiger partial charge in [0.2, 0.25) is 0 Å². The first-order valence-corrected chi connectivity index (χ1v) is 7.24. The fourth-order valence-electron chi connectivity index (χ4n) is 2.15. The molecule has 0 aliphatic carbocycles. The third-order valence-corrected chi connectivity index (χ3v) is 3.32. The van der Waals surface area contributed by atoms with E-state index in [4.69, 9.17) is 10.5 Å². The molecule has 0 saturated carbocycles. The van der Waals surface area contributed by atoms with Gasteiger partial charge in [-0.1, -0.05) is 19.1 Å². The zero-order chi connectivity index (χ0) is 14.4. The maximum Gasteiger partial charge on any atom is 0.130 e. The lowest BCUT2D eigenvalue weighted by Gasteiger charge is -2.08. The molecule has 0 fully saturated rings. The molecule has 2 aromatic rings. The van der Waals surface area contributed by atoms with Crippen LogP contribution in [0.1, 0.15) is 30.8 Å². The molecule has 0 aliphatic heterocycles. The summed E-state index contributed by atoms with van der Waals surface area (Å²) in [6.45, 7) is 6.31. The van der Waals surface area contributed by atoms with Gasteiger partial charge in [0.15, 0.2) is 0 Å². The quantitative estimate of drug-likeness (QED) is 0.843. The van der Waals surface area contributed by atoms with Crippen molar-refractivity contribution < 1.29 is 4.74 Å². The third-order valence-electron chi connectivity index (χ3n) is 3.32. The molecule has 0 unspecified atom stereocenters. The fraction of sp³-hybridized carbons (Fsp3) is 0.438. The summed E-state index contributed by atoms with van der Waals surface area (Å²) in [5, 5.41) is 4.52. The van der Waals surface area contributed by atoms with Crippen molar-refractivity contribution in [3.63, 3.8) is 0 Å².